The molecule has 0 bridgehead atoms. The average molecular weight is 243 g/mol. The van der Waals surface area contributed by atoms with E-state index in [2.05, 4.69) is 46.5 Å². The molecule has 1 aromatic rings. The second-order valence-corrected chi connectivity index (χ2v) is 5.25. The Balaban J connectivity index is 1.76. The fourth-order valence-electron chi connectivity index (χ4n) is 2.85. The van der Waals surface area contributed by atoms with Gasteiger partial charge in [-0.05, 0) is 24.9 Å². The van der Waals surface area contributed by atoms with Crippen molar-refractivity contribution in [2.75, 3.05) is 26.7 Å². The molecule has 0 amide bonds. The molecule has 1 atom stereocenters. The van der Waals surface area contributed by atoms with Gasteiger partial charge in [0.2, 0.25) is 0 Å². The highest BCUT2D eigenvalue weighted by Crippen LogP contribution is 2.23. The molecule has 1 aromatic carbocycles. The molecule has 0 saturated carbocycles. The molecule has 3 heteroatoms. The van der Waals surface area contributed by atoms with Crippen molar-refractivity contribution in [2.24, 2.45) is 4.99 Å². The molecule has 0 radical (unpaired) electrons. The number of nitrogens with zero attached hydrogens (tertiary/aromatic N) is 2. The SMILES string of the molecule is CN1CCN=C1c1ccc(C2CCCCN2)cc1. The Morgan fingerprint density at radius 3 is 2.67 bits per heavy atom. The van der Waals surface area contributed by atoms with Gasteiger partial charge in [0.1, 0.15) is 5.84 Å². The molecule has 1 unspecified atom stereocenters. The number of hydrogen-bond acceptors (Lipinski definition) is 3. The van der Waals surface area contributed by atoms with Gasteiger partial charge in [-0.15, -0.1) is 0 Å². The molecule has 3 nitrogen and oxygen atoms in total. The number of aliphatic imine (C=N–C) groups is 1. The van der Waals surface area contributed by atoms with Crippen LogP contribution < -0.4 is 5.32 Å². The van der Waals surface area contributed by atoms with Crippen LogP contribution in [0.3, 0.4) is 0 Å². The molecule has 2 aliphatic heterocycles. The summed E-state index contributed by atoms with van der Waals surface area (Å²) in [6, 6.07) is 9.49. The van der Waals surface area contributed by atoms with Crippen LogP contribution in [0, 0.1) is 0 Å². The number of nitrogens with one attached hydrogen (secondary N) is 1. The molecule has 2 heterocycles. The van der Waals surface area contributed by atoms with Crippen LogP contribution in [0.25, 0.3) is 0 Å². The Labute approximate surface area is 109 Å². The minimum Gasteiger partial charge on any atom is -0.358 e. The number of rotatable bonds is 2. The van der Waals surface area contributed by atoms with Crippen molar-refractivity contribution in [3.05, 3.63) is 35.4 Å². The maximum Gasteiger partial charge on any atom is 0.130 e. The van der Waals surface area contributed by atoms with Crippen LogP contribution >= 0.6 is 0 Å². The number of benzene rings is 1. The summed E-state index contributed by atoms with van der Waals surface area (Å²) in [4.78, 5) is 6.79. The Morgan fingerprint density at radius 2 is 2.06 bits per heavy atom. The highest BCUT2D eigenvalue weighted by atomic mass is 15.2. The molecule has 0 aliphatic carbocycles. The Morgan fingerprint density at radius 1 is 1.22 bits per heavy atom. The third-order valence-electron chi connectivity index (χ3n) is 3.94. The first-order valence-corrected chi connectivity index (χ1v) is 6.94. The van der Waals surface area contributed by atoms with Crippen LogP contribution in [0.4, 0.5) is 0 Å². The summed E-state index contributed by atoms with van der Waals surface area (Å²) in [5, 5.41) is 3.59. The lowest BCUT2D eigenvalue weighted by atomic mass is 9.96. The Kier molecular flexibility index (Phi) is 3.33. The molecular formula is C15H21N3. The molecule has 0 aromatic heterocycles. The number of hydrogen-bond donors (Lipinski definition) is 1. The third-order valence-corrected chi connectivity index (χ3v) is 3.94. The second-order valence-electron chi connectivity index (χ2n) is 5.25. The summed E-state index contributed by atoms with van der Waals surface area (Å²) in [6.45, 7) is 3.13. The highest BCUT2D eigenvalue weighted by molar-refractivity contribution is 5.99. The van der Waals surface area contributed by atoms with Crippen molar-refractivity contribution in [1.29, 1.82) is 0 Å². The smallest absolute Gasteiger partial charge is 0.130 e. The summed E-state index contributed by atoms with van der Waals surface area (Å²) in [5.74, 6) is 1.14. The van der Waals surface area contributed by atoms with E-state index in [9.17, 15) is 0 Å². The van der Waals surface area contributed by atoms with Crippen molar-refractivity contribution in [3.63, 3.8) is 0 Å². The predicted molar refractivity (Wildman–Crippen MR) is 75.1 cm³/mol. The van der Waals surface area contributed by atoms with Crippen LogP contribution in [-0.2, 0) is 0 Å². The van der Waals surface area contributed by atoms with Gasteiger partial charge < -0.3 is 10.2 Å². The van der Waals surface area contributed by atoms with Crippen molar-refractivity contribution in [3.8, 4) is 0 Å². The van der Waals surface area contributed by atoms with Gasteiger partial charge in [-0.3, -0.25) is 4.99 Å². The summed E-state index contributed by atoms with van der Waals surface area (Å²) >= 11 is 0. The fraction of sp³-hybridized carbons (Fsp3) is 0.533. The van der Waals surface area contributed by atoms with Gasteiger partial charge in [-0.1, -0.05) is 30.7 Å². The lowest BCUT2D eigenvalue weighted by molar-refractivity contribution is 0.412. The predicted octanol–water partition coefficient (Wildman–Crippen LogP) is 2.19. The monoisotopic (exact) mass is 243 g/mol. The highest BCUT2D eigenvalue weighted by Gasteiger charge is 2.17. The first-order chi connectivity index (χ1) is 8.84. The molecule has 2 aliphatic rings. The summed E-state index contributed by atoms with van der Waals surface area (Å²) in [6.07, 6.45) is 3.92. The summed E-state index contributed by atoms with van der Waals surface area (Å²) < 4.78 is 0. The minimum atomic E-state index is 0.552. The first kappa shape index (κ1) is 11.7. The fourth-order valence-corrected chi connectivity index (χ4v) is 2.85. The van der Waals surface area contributed by atoms with Gasteiger partial charge in [-0.2, -0.15) is 0 Å². The molecular weight excluding hydrogens is 222 g/mol. The number of amidine groups is 1. The lowest BCUT2D eigenvalue weighted by Crippen LogP contribution is -2.27. The standard InChI is InChI=1S/C15H21N3/c1-18-11-10-17-15(18)13-7-5-12(6-8-13)14-4-2-3-9-16-14/h5-8,14,16H,2-4,9-11H2,1H3. The second kappa shape index (κ2) is 5.11. The van der Waals surface area contributed by atoms with Gasteiger partial charge in [-0.25, -0.2) is 0 Å². The summed E-state index contributed by atoms with van der Waals surface area (Å²) in [5.41, 5.74) is 2.66. The van der Waals surface area contributed by atoms with E-state index in [1.165, 1.54) is 30.4 Å². The van der Waals surface area contributed by atoms with Gasteiger partial charge in [0.15, 0.2) is 0 Å². The number of likely N-dealkylation sites (N-methyl/N-ethyl adjacent to an activating group) is 1. The van der Waals surface area contributed by atoms with E-state index >= 15 is 0 Å². The topological polar surface area (TPSA) is 27.6 Å². The molecule has 0 spiro atoms. The van der Waals surface area contributed by atoms with Crippen LogP contribution in [0.1, 0.15) is 36.4 Å². The maximum atomic E-state index is 4.56. The van der Waals surface area contributed by atoms with E-state index in [1.807, 2.05) is 0 Å². The van der Waals surface area contributed by atoms with E-state index < -0.39 is 0 Å². The van der Waals surface area contributed by atoms with Crippen LogP contribution in [0.2, 0.25) is 0 Å². The van der Waals surface area contributed by atoms with Crippen molar-refractivity contribution in [1.82, 2.24) is 10.2 Å². The van der Waals surface area contributed by atoms with E-state index in [0.717, 1.165) is 25.5 Å². The van der Waals surface area contributed by atoms with Crippen LogP contribution in [0.5, 0.6) is 0 Å². The molecule has 1 N–H and O–H groups in total. The zero-order chi connectivity index (χ0) is 12.4. The molecule has 1 fully saturated rings. The molecule has 18 heavy (non-hydrogen) atoms. The van der Waals surface area contributed by atoms with E-state index in [-0.39, 0.29) is 0 Å². The normalized spacial score (nSPS) is 24.2. The molecule has 96 valence electrons. The molecule has 1 saturated heterocycles. The molecule has 3 rings (SSSR count). The maximum absolute atomic E-state index is 4.56. The average Bonchev–Trinajstić information content (AvgIpc) is 2.86. The van der Waals surface area contributed by atoms with Gasteiger partial charge in [0.25, 0.3) is 0 Å². The van der Waals surface area contributed by atoms with Gasteiger partial charge >= 0.3 is 0 Å². The zero-order valence-corrected chi connectivity index (χ0v) is 11.0. The van der Waals surface area contributed by atoms with Crippen LogP contribution in [0.15, 0.2) is 29.3 Å². The Hall–Kier alpha value is -1.35. The van der Waals surface area contributed by atoms with E-state index in [0.29, 0.717) is 6.04 Å². The number of piperidine rings is 1. The quantitative estimate of drug-likeness (QED) is 0.862. The minimum absolute atomic E-state index is 0.552. The zero-order valence-electron chi connectivity index (χ0n) is 11.0. The van der Waals surface area contributed by atoms with Crippen LogP contribution in [-0.4, -0.2) is 37.4 Å². The summed E-state index contributed by atoms with van der Waals surface area (Å²) in [7, 11) is 2.11. The van der Waals surface area contributed by atoms with Crippen molar-refractivity contribution >= 4 is 5.84 Å². The largest absolute Gasteiger partial charge is 0.358 e. The van der Waals surface area contributed by atoms with Gasteiger partial charge in [0.05, 0.1) is 6.54 Å². The van der Waals surface area contributed by atoms with Crippen molar-refractivity contribution in [2.45, 2.75) is 25.3 Å². The van der Waals surface area contributed by atoms with Crippen molar-refractivity contribution < 1.29 is 0 Å². The first-order valence-electron chi connectivity index (χ1n) is 6.94. The third kappa shape index (κ3) is 2.27. The van der Waals surface area contributed by atoms with Gasteiger partial charge in [0, 0.05) is 25.2 Å². The lowest BCUT2D eigenvalue weighted by Gasteiger charge is -2.24. The Bertz CT molecular complexity index is 430. The van der Waals surface area contributed by atoms with E-state index in [1.54, 1.807) is 0 Å². The van der Waals surface area contributed by atoms with E-state index in [4.69, 9.17) is 0 Å².